The normalized spacial score (nSPS) is 22.2. The molecule has 3 aliphatic rings. The van der Waals surface area contributed by atoms with E-state index in [2.05, 4.69) is 59.2 Å². The molecule has 1 saturated heterocycles. The van der Waals surface area contributed by atoms with Gasteiger partial charge in [0, 0.05) is 31.7 Å². The molecule has 3 aromatic rings. The zero-order valence-corrected chi connectivity index (χ0v) is 25.9. The molecule has 0 radical (unpaired) electrons. The lowest BCUT2D eigenvalue weighted by Gasteiger charge is -2.35. The summed E-state index contributed by atoms with van der Waals surface area (Å²) in [6.07, 6.45) is 2.40. The summed E-state index contributed by atoms with van der Waals surface area (Å²) >= 11 is 0. The molecule has 44 heavy (non-hydrogen) atoms. The molecule has 1 saturated carbocycles. The smallest absolute Gasteiger partial charge is 0.310 e. The highest BCUT2D eigenvalue weighted by molar-refractivity contribution is 5.79. The van der Waals surface area contributed by atoms with Gasteiger partial charge in [-0.15, -0.1) is 0 Å². The van der Waals surface area contributed by atoms with Crippen molar-refractivity contribution in [3.8, 4) is 17.0 Å². The number of pyridine rings is 1. The Bertz CT molecular complexity index is 1650. The zero-order chi connectivity index (χ0) is 31.0. The molecule has 2 aromatic carbocycles. The zero-order valence-electron chi connectivity index (χ0n) is 25.9. The fraction of sp³-hybridized carbons (Fsp3) is 0.389. The Morgan fingerprint density at radius 3 is 2.70 bits per heavy atom. The second-order valence-electron chi connectivity index (χ2n) is 12.4. The van der Waals surface area contributed by atoms with Gasteiger partial charge in [0.2, 0.25) is 0 Å². The topological polar surface area (TPSA) is 90.6 Å². The van der Waals surface area contributed by atoms with Gasteiger partial charge in [0.1, 0.15) is 18.2 Å². The summed E-state index contributed by atoms with van der Waals surface area (Å²) in [7, 11) is 0. The average Bonchev–Trinajstić information content (AvgIpc) is 3.80. The van der Waals surface area contributed by atoms with Crippen molar-refractivity contribution in [1.29, 1.82) is 0 Å². The molecule has 8 heteroatoms. The van der Waals surface area contributed by atoms with Gasteiger partial charge in [-0.2, -0.15) is 0 Å². The number of carbonyl (C=O) groups is 1. The van der Waals surface area contributed by atoms with Gasteiger partial charge in [-0.05, 0) is 106 Å². The van der Waals surface area contributed by atoms with Crippen molar-refractivity contribution in [1.82, 2.24) is 9.88 Å². The van der Waals surface area contributed by atoms with Crippen LogP contribution in [0.2, 0.25) is 0 Å². The van der Waals surface area contributed by atoms with Gasteiger partial charge in [0.05, 0.1) is 28.5 Å². The van der Waals surface area contributed by atoms with E-state index < -0.39 is 11.4 Å². The van der Waals surface area contributed by atoms with Crippen molar-refractivity contribution in [3.63, 3.8) is 0 Å². The van der Waals surface area contributed by atoms with Gasteiger partial charge in [-0.1, -0.05) is 30.3 Å². The second-order valence-corrected chi connectivity index (χ2v) is 12.4. The molecular formula is C36H41N5O3. The fourth-order valence-corrected chi connectivity index (χ4v) is 7.10. The SMILES string of the molecule is C=N/C(C)=C(\N=C)C(C)N1CCc2c(ccc(COc3ccccc3-c3cccc(N4CC[C@@]5(C(=O)O)C[C@H]5C4)n3)c2C)C1. The van der Waals surface area contributed by atoms with Crippen molar-refractivity contribution in [2.45, 2.75) is 59.2 Å². The lowest BCUT2D eigenvalue weighted by molar-refractivity contribution is -0.144. The van der Waals surface area contributed by atoms with Gasteiger partial charge < -0.3 is 14.7 Å². The first-order chi connectivity index (χ1) is 21.3. The van der Waals surface area contributed by atoms with Crippen LogP contribution in [-0.2, 0) is 24.4 Å². The molecule has 0 spiro atoms. The Morgan fingerprint density at radius 1 is 1.14 bits per heavy atom. The van der Waals surface area contributed by atoms with Crippen molar-refractivity contribution < 1.29 is 14.6 Å². The third kappa shape index (κ3) is 5.43. The number of para-hydroxylation sites is 1. The number of hydrogen-bond donors (Lipinski definition) is 1. The first-order valence-corrected chi connectivity index (χ1v) is 15.4. The molecule has 2 fully saturated rings. The predicted molar refractivity (Wildman–Crippen MR) is 176 cm³/mol. The van der Waals surface area contributed by atoms with Gasteiger partial charge >= 0.3 is 5.97 Å². The number of rotatable bonds is 10. The number of carboxylic acid groups (broad SMARTS) is 1. The number of aromatic nitrogens is 1. The van der Waals surface area contributed by atoms with E-state index in [0.717, 1.165) is 66.7 Å². The standard InChI is InChI=1S/C36H41N5O3/c1-23-27(14-13-26-20-40(17-15-29(23)26)25(3)34(38-5)24(2)37-4)22-44-32-11-7-6-9-30(32)31-10-8-12-33(39-31)41-18-16-36(35(42)43)19-28(36)21-41/h6-14,25,28H,4-5,15-22H2,1-3H3,(H,42,43)/b34-24-/t25?,28-,36+/m0/s1. The number of anilines is 1. The van der Waals surface area contributed by atoms with Crippen LogP contribution >= 0.6 is 0 Å². The van der Waals surface area contributed by atoms with Gasteiger partial charge in [0.25, 0.3) is 0 Å². The minimum absolute atomic E-state index is 0.111. The summed E-state index contributed by atoms with van der Waals surface area (Å²) in [5.74, 6) is 1.24. The summed E-state index contributed by atoms with van der Waals surface area (Å²) in [4.78, 5) is 29.7. The highest BCUT2D eigenvalue weighted by Gasteiger charge is 2.62. The van der Waals surface area contributed by atoms with E-state index in [1.165, 1.54) is 22.3 Å². The molecule has 0 bridgehead atoms. The molecule has 1 N–H and O–H groups in total. The number of fused-ring (bicyclic) bond motifs is 2. The van der Waals surface area contributed by atoms with Crippen LogP contribution in [0.15, 0.2) is 76.0 Å². The highest BCUT2D eigenvalue weighted by atomic mass is 16.5. The second kappa shape index (κ2) is 12.0. The van der Waals surface area contributed by atoms with E-state index in [0.29, 0.717) is 19.6 Å². The Labute approximate surface area is 259 Å². The van der Waals surface area contributed by atoms with Gasteiger partial charge in [0.15, 0.2) is 0 Å². The molecule has 3 atom stereocenters. The third-order valence-electron chi connectivity index (χ3n) is 10.1. The van der Waals surface area contributed by atoms with Gasteiger partial charge in [-0.3, -0.25) is 19.7 Å². The molecule has 8 nitrogen and oxygen atoms in total. The molecule has 0 amide bonds. The maximum Gasteiger partial charge on any atom is 0.310 e. The largest absolute Gasteiger partial charge is 0.488 e. The van der Waals surface area contributed by atoms with Gasteiger partial charge in [-0.25, -0.2) is 4.98 Å². The van der Waals surface area contributed by atoms with Crippen LogP contribution in [0.25, 0.3) is 11.3 Å². The van der Waals surface area contributed by atoms with Crippen molar-refractivity contribution in [3.05, 3.63) is 88.2 Å². The molecule has 1 unspecified atom stereocenters. The van der Waals surface area contributed by atoms with E-state index >= 15 is 0 Å². The van der Waals surface area contributed by atoms with Crippen LogP contribution in [0.5, 0.6) is 5.75 Å². The molecule has 228 valence electrons. The van der Waals surface area contributed by atoms with Crippen molar-refractivity contribution in [2.75, 3.05) is 24.5 Å². The quantitative estimate of drug-likeness (QED) is 0.278. The first kappa shape index (κ1) is 29.8. The maximum absolute atomic E-state index is 11.7. The van der Waals surface area contributed by atoms with E-state index in [4.69, 9.17) is 9.72 Å². The number of piperidine rings is 1. The molecule has 1 aliphatic carbocycles. The fourth-order valence-electron chi connectivity index (χ4n) is 7.10. The lowest BCUT2D eigenvalue weighted by Crippen LogP contribution is -2.39. The summed E-state index contributed by atoms with van der Waals surface area (Å²) in [6.45, 7) is 17.4. The Kier molecular flexibility index (Phi) is 8.12. The number of aliphatic imine (C=N–C) groups is 2. The maximum atomic E-state index is 11.7. The van der Waals surface area contributed by atoms with Crippen molar-refractivity contribution >= 4 is 25.2 Å². The Hall–Kier alpha value is -4.30. The first-order valence-electron chi connectivity index (χ1n) is 15.4. The van der Waals surface area contributed by atoms with Crippen LogP contribution in [-0.4, -0.2) is 60.1 Å². The lowest BCUT2D eigenvalue weighted by atomic mass is 9.91. The number of benzene rings is 2. The number of nitrogens with zero attached hydrogens (tertiary/aromatic N) is 5. The van der Waals surface area contributed by atoms with Crippen LogP contribution in [0.3, 0.4) is 0 Å². The summed E-state index contributed by atoms with van der Waals surface area (Å²) in [6, 6.07) is 18.6. The van der Waals surface area contributed by atoms with Crippen LogP contribution in [0.4, 0.5) is 5.82 Å². The minimum Gasteiger partial charge on any atom is -0.488 e. The molecule has 1 aromatic heterocycles. The predicted octanol–water partition coefficient (Wildman–Crippen LogP) is 6.32. The minimum atomic E-state index is -0.648. The van der Waals surface area contributed by atoms with Crippen LogP contribution < -0.4 is 9.64 Å². The van der Waals surface area contributed by atoms with Crippen LogP contribution in [0.1, 0.15) is 48.9 Å². The van der Waals surface area contributed by atoms with E-state index in [9.17, 15) is 9.90 Å². The van der Waals surface area contributed by atoms with E-state index in [1.807, 2.05) is 49.4 Å². The molecular weight excluding hydrogens is 550 g/mol. The number of carboxylic acids is 1. The molecule has 3 heterocycles. The molecule has 2 aliphatic heterocycles. The highest BCUT2D eigenvalue weighted by Crippen LogP contribution is 2.58. The van der Waals surface area contributed by atoms with E-state index in [-0.39, 0.29) is 12.0 Å². The number of aliphatic carboxylic acids is 1. The molecule has 6 rings (SSSR count). The Morgan fingerprint density at radius 2 is 1.95 bits per heavy atom. The summed E-state index contributed by atoms with van der Waals surface area (Å²) < 4.78 is 6.47. The van der Waals surface area contributed by atoms with E-state index in [1.54, 1.807) is 0 Å². The average molecular weight is 592 g/mol. The Balaban J connectivity index is 1.16. The monoisotopic (exact) mass is 591 g/mol. The third-order valence-corrected chi connectivity index (χ3v) is 10.1. The number of hydrogen-bond acceptors (Lipinski definition) is 7. The number of allylic oxidation sites excluding steroid dienone is 1. The summed E-state index contributed by atoms with van der Waals surface area (Å²) in [5, 5.41) is 9.65. The summed E-state index contributed by atoms with van der Waals surface area (Å²) in [5.41, 5.74) is 8.20. The number of ether oxygens (including phenoxy) is 1. The van der Waals surface area contributed by atoms with Crippen LogP contribution in [0, 0.1) is 18.3 Å². The van der Waals surface area contributed by atoms with Crippen molar-refractivity contribution in [2.24, 2.45) is 21.3 Å².